The summed E-state index contributed by atoms with van der Waals surface area (Å²) in [5.74, 6) is -0.707. The molecular weight excluding hydrogens is 261 g/mol. The predicted molar refractivity (Wildman–Crippen MR) is 62.7 cm³/mol. The Morgan fingerprint density at radius 3 is 2.42 bits per heavy atom. The topological polar surface area (TPSA) is 59.1 Å². The van der Waals surface area contributed by atoms with Crippen molar-refractivity contribution >= 4 is 17.9 Å². The third kappa shape index (κ3) is 3.52. The fourth-order valence-corrected chi connectivity index (χ4v) is 1.22. The molecule has 0 fully saturated rings. The summed E-state index contributed by atoms with van der Waals surface area (Å²) in [6, 6.07) is 0. The zero-order valence-electron chi connectivity index (χ0n) is 11.6. The number of aldehydes is 1. The number of nitrogens with zero attached hydrogens (tertiary/aromatic N) is 1. The van der Waals surface area contributed by atoms with Crippen LogP contribution in [0.1, 0.15) is 38.1 Å². The molecule has 0 aliphatic rings. The van der Waals surface area contributed by atoms with E-state index in [4.69, 9.17) is 1.37 Å². The number of hydrogen-bond acceptors (Lipinski definition) is 3. The van der Waals surface area contributed by atoms with Gasteiger partial charge < -0.3 is 5.32 Å². The number of anilines is 1. The summed E-state index contributed by atoms with van der Waals surface area (Å²) in [5, 5.41) is 2.03. The van der Waals surface area contributed by atoms with Crippen LogP contribution in [0.5, 0.6) is 0 Å². The normalized spacial score (nSPS) is 12.8. The van der Waals surface area contributed by atoms with Gasteiger partial charge in [0.15, 0.2) is 6.29 Å². The molecule has 0 aliphatic carbocycles. The Morgan fingerprint density at radius 1 is 1.42 bits per heavy atom. The number of pyridine rings is 1. The highest BCUT2D eigenvalue weighted by molar-refractivity contribution is 5.96. The van der Waals surface area contributed by atoms with Crippen LogP contribution in [0.2, 0.25) is 0 Å². The molecule has 0 aliphatic heterocycles. The Labute approximate surface area is 109 Å². The average molecular weight is 275 g/mol. The molecule has 104 valence electrons. The second-order valence-electron chi connectivity index (χ2n) is 4.90. The van der Waals surface area contributed by atoms with E-state index < -0.39 is 40.5 Å². The van der Waals surface area contributed by atoms with Gasteiger partial charge in [-0.25, -0.2) is 0 Å². The molecule has 0 spiro atoms. The summed E-state index contributed by atoms with van der Waals surface area (Å²) in [4.78, 5) is 25.9. The lowest BCUT2D eigenvalue weighted by atomic mass is 9.95. The SMILES string of the molecule is [2H]c1ncc(C=O)c(C(F)(F)F)c1NC(=O)C(C)(C)C. The summed E-state index contributed by atoms with van der Waals surface area (Å²) < 4.78 is 46.4. The number of aromatic nitrogens is 1. The monoisotopic (exact) mass is 275 g/mol. The fourth-order valence-electron chi connectivity index (χ4n) is 1.22. The van der Waals surface area contributed by atoms with Crippen LogP contribution in [0.15, 0.2) is 12.4 Å². The number of alkyl halides is 3. The van der Waals surface area contributed by atoms with E-state index in [-0.39, 0.29) is 6.29 Å². The van der Waals surface area contributed by atoms with Crippen molar-refractivity contribution < 1.29 is 24.1 Å². The Morgan fingerprint density at radius 2 is 2.00 bits per heavy atom. The minimum atomic E-state index is -4.88. The molecule has 1 amide bonds. The number of hydrogen-bond donors (Lipinski definition) is 1. The maximum atomic E-state index is 13.0. The maximum Gasteiger partial charge on any atom is 0.419 e. The van der Waals surface area contributed by atoms with E-state index in [9.17, 15) is 22.8 Å². The van der Waals surface area contributed by atoms with Crippen LogP contribution in [0.25, 0.3) is 0 Å². The van der Waals surface area contributed by atoms with E-state index >= 15 is 0 Å². The van der Waals surface area contributed by atoms with Crippen molar-refractivity contribution in [2.24, 2.45) is 5.41 Å². The summed E-state index contributed by atoms with van der Waals surface area (Å²) in [6.07, 6.45) is -4.98. The van der Waals surface area contributed by atoms with Gasteiger partial charge in [0, 0.05) is 17.2 Å². The van der Waals surface area contributed by atoms with Crippen LogP contribution < -0.4 is 5.32 Å². The molecule has 1 aromatic rings. The van der Waals surface area contributed by atoms with Gasteiger partial charge in [-0.1, -0.05) is 20.8 Å². The molecule has 7 heteroatoms. The molecule has 19 heavy (non-hydrogen) atoms. The van der Waals surface area contributed by atoms with Gasteiger partial charge in [-0.15, -0.1) is 0 Å². The molecule has 0 saturated carbocycles. The zero-order valence-corrected chi connectivity index (χ0v) is 10.6. The van der Waals surface area contributed by atoms with Gasteiger partial charge in [0.25, 0.3) is 0 Å². The highest BCUT2D eigenvalue weighted by atomic mass is 19.4. The maximum absolute atomic E-state index is 13.0. The van der Waals surface area contributed by atoms with Gasteiger partial charge in [0.1, 0.15) is 0 Å². The van der Waals surface area contributed by atoms with Gasteiger partial charge in [-0.3, -0.25) is 14.6 Å². The van der Waals surface area contributed by atoms with Crippen LogP contribution in [-0.2, 0) is 11.0 Å². The van der Waals surface area contributed by atoms with Crippen LogP contribution in [0, 0.1) is 5.41 Å². The van der Waals surface area contributed by atoms with Crippen molar-refractivity contribution in [1.82, 2.24) is 4.98 Å². The smallest absolute Gasteiger partial charge is 0.324 e. The van der Waals surface area contributed by atoms with Gasteiger partial charge >= 0.3 is 6.18 Å². The molecule has 1 heterocycles. The second-order valence-corrected chi connectivity index (χ2v) is 4.90. The third-order valence-corrected chi connectivity index (χ3v) is 2.25. The van der Waals surface area contributed by atoms with Crippen LogP contribution >= 0.6 is 0 Å². The zero-order chi connectivity index (χ0) is 15.7. The minimum Gasteiger partial charge on any atom is -0.324 e. The standard InChI is InChI=1S/C12H13F3N2O2/c1-11(2,3)10(19)17-8-5-16-4-7(6-18)9(8)12(13,14)15/h4-6H,1-3H3,(H,17,19)/i5D. The molecule has 0 aromatic carbocycles. The largest absolute Gasteiger partial charge is 0.419 e. The van der Waals surface area contributed by atoms with Crippen molar-refractivity contribution in [3.8, 4) is 0 Å². The van der Waals surface area contributed by atoms with Gasteiger partial charge in [0.05, 0.1) is 18.8 Å². The molecular formula is C12H13F3N2O2. The molecule has 1 N–H and O–H groups in total. The first-order valence-electron chi connectivity index (χ1n) is 5.82. The van der Waals surface area contributed by atoms with Crippen molar-refractivity contribution in [1.29, 1.82) is 0 Å². The highest BCUT2D eigenvalue weighted by Gasteiger charge is 2.37. The first kappa shape index (κ1) is 13.5. The second kappa shape index (κ2) is 4.99. The molecule has 0 atom stereocenters. The Hall–Kier alpha value is -1.92. The number of carbonyl (C=O) groups excluding carboxylic acids is 2. The number of amides is 1. The first-order chi connectivity index (χ1) is 8.98. The van der Waals surface area contributed by atoms with E-state index in [0.29, 0.717) is 6.20 Å². The molecule has 0 radical (unpaired) electrons. The molecule has 0 bridgehead atoms. The number of nitrogens with one attached hydrogen (secondary N) is 1. The van der Waals surface area contributed by atoms with Crippen LogP contribution in [0.3, 0.4) is 0 Å². The Kier molecular flexibility index (Phi) is 3.55. The summed E-state index contributed by atoms with van der Waals surface area (Å²) in [5.41, 5.74) is -3.84. The van der Waals surface area contributed by atoms with Gasteiger partial charge in [-0.2, -0.15) is 13.2 Å². The van der Waals surface area contributed by atoms with Crippen molar-refractivity contribution in [3.63, 3.8) is 0 Å². The quantitative estimate of drug-likeness (QED) is 0.844. The molecule has 4 nitrogen and oxygen atoms in total. The lowest BCUT2D eigenvalue weighted by Gasteiger charge is -2.20. The van der Waals surface area contributed by atoms with Crippen LogP contribution in [-0.4, -0.2) is 17.2 Å². The van der Waals surface area contributed by atoms with E-state index in [2.05, 4.69) is 4.98 Å². The summed E-state index contributed by atoms with van der Waals surface area (Å²) in [6.45, 7) is 4.53. The third-order valence-electron chi connectivity index (χ3n) is 2.25. The van der Waals surface area contributed by atoms with Crippen molar-refractivity contribution in [2.45, 2.75) is 26.9 Å². The lowest BCUT2D eigenvalue weighted by Crippen LogP contribution is -2.29. The van der Waals surface area contributed by atoms with Gasteiger partial charge in [-0.05, 0) is 0 Å². The minimum absolute atomic E-state index is 0.0119. The van der Waals surface area contributed by atoms with E-state index in [1.807, 2.05) is 5.32 Å². The van der Waals surface area contributed by atoms with E-state index in [0.717, 1.165) is 0 Å². The molecule has 0 saturated heterocycles. The molecule has 1 rings (SSSR count). The predicted octanol–water partition coefficient (Wildman–Crippen LogP) is 2.90. The van der Waals surface area contributed by atoms with Crippen molar-refractivity contribution in [3.05, 3.63) is 23.5 Å². The van der Waals surface area contributed by atoms with Gasteiger partial charge in [0.2, 0.25) is 5.91 Å². The fraction of sp³-hybridized carbons (Fsp3) is 0.417. The Bertz CT molecular complexity index is 551. The van der Waals surface area contributed by atoms with E-state index in [1.54, 1.807) is 0 Å². The molecule has 1 aromatic heterocycles. The van der Waals surface area contributed by atoms with E-state index in [1.165, 1.54) is 20.8 Å². The Balaban J connectivity index is 3.45. The lowest BCUT2D eigenvalue weighted by molar-refractivity contribution is -0.137. The number of carbonyl (C=O) groups is 2. The molecule has 0 unspecified atom stereocenters. The summed E-state index contributed by atoms with van der Waals surface area (Å²) >= 11 is 0. The van der Waals surface area contributed by atoms with Crippen molar-refractivity contribution in [2.75, 3.05) is 5.32 Å². The highest BCUT2D eigenvalue weighted by Crippen LogP contribution is 2.36. The first-order valence-corrected chi connectivity index (χ1v) is 5.32. The average Bonchev–Trinajstić information content (AvgIpc) is 2.28. The number of halogens is 3. The summed E-state index contributed by atoms with van der Waals surface area (Å²) in [7, 11) is 0. The number of rotatable bonds is 2. The van der Waals surface area contributed by atoms with Crippen LogP contribution in [0.4, 0.5) is 18.9 Å².